The number of aliphatic hydroxyl groups is 1. The van der Waals surface area contributed by atoms with Crippen molar-refractivity contribution < 1.29 is 19.4 Å². The third-order valence-corrected chi connectivity index (χ3v) is 4.30. The topological polar surface area (TPSA) is 62.2 Å². The molecule has 1 atom stereocenters. The molecule has 0 aromatic carbocycles. The van der Waals surface area contributed by atoms with Gasteiger partial charge in [0, 0.05) is 39.4 Å². The maximum atomic E-state index is 12.2. The number of rotatable bonds is 3. The first-order valence-electron chi connectivity index (χ1n) is 8.29. The lowest BCUT2D eigenvalue weighted by Gasteiger charge is -2.42. The van der Waals surface area contributed by atoms with Gasteiger partial charge in [0.25, 0.3) is 0 Å². The van der Waals surface area contributed by atoms with Crippen molar-refractivity contribution in [2.45, 2.75) is 45.3 Å². The number of piperazine rings is 1. The highest BCUT2D eigenvalue weighted by molar-refractivity contribution is 5.68. The summed E-state index contributed by atoms with van der Waals surface area (Å²) in [7, 11) is 0. The molecule has 128 valence electrons. The van der Waals surface area contributed by atoms with Gasteiger partial charge in [-0.1, -0.05) is 0 Å². The molecule has 0 aliphatic carbocycles. The number of hydrogen-bond donors (Lipinski definition) is 1. The van der Waals surface area contributed by atoms with Crippen molar-refractivity contribution in [2.24, 2.45) is 5.92 Å². The second kappa shape index (κ2) is 7.62. The van der Waals surface area contributed by atoms with Gasteiger partial charge in [-0.25, -0.2) is 4.79 Å². The molecular formula is C16H30N2O4. The van der Waals surface area contributed by atoms with E-state index in [1.807, 2.05) is 20.8 Å². The van der Waals surface area contributed by atoms with Gasteiger partial charge in [-0.3, -0.25) is 4.90 Å². The minimum Gasteiger partial charge on any atom is -0.444 e. The Labute approximate surface area is 133 Å². The van der Waals surface area contributed by atoms with E-state index >= 15 is 0 Å². The van der Waals surface area contributed by atoms with Gasteiger partial charge in [-0.05, 0) is 39.5 Å². The van der Waals surface area contributed by atoms with E-state index in [-0.39, 0.29) is 18.7 Å². The van der Waals surface area contributed by atoms with E-state index in [1.165, 1.54) is 0 Å². The number of aliphatic hydroxyl groups excluding tert-OH is 1. The van der Waals surface area contributed by atoms with E-state index in [1.54, 1.807) is 4.90 Å². The molecule has 0 aromatic heterocycles. The predicted molar refractivity (Wildman–Crippen MR) is 83.8 cm³/mol. The summed E-state index contributed by atoms with van der Waals surface area (Å²) in [5.74, 6) is 0.635. The fourth-order valence-electron chi connectivity index (χ4n) is 3.06. The molecule has 2 saturated heterocycles. The van der Waals surface area contributed by atoms with Crippen molar-refractivity contribution in [2.75, 3.05) is 46.0 Å². The number of nitrogens with zero attached hydrogens (tertiary/aromatic N) is 2. The summed E-state index contributed by atoms with van der Waals surface area (Å²) < 4.78 is 10.8. The molecule has 1 amide bonds. The molecule has 2 aliphatic heterocycles. The highest BCUT2D eigenvalue weighted by atomic mass is 16.6. The number of carbonyl (C=O) groups excluding carboxylic acids is 1. The van der Waals surface area contributed by atoms with Gasteiger partial charge in [-0.15, -0.1) is 0 Å². The first kappa shape index (κ1) is 17.5. The fraction of sp³-hybridized carbons (Fsp3) is 0.938. The summed E-state index contributed by atoms with van der Waals surface area (Å²) in [4.78, 5) is 16.2. The smallest absolute Gasteiger partial charge is 0.410 e. The third kappa shape index (κ3) is 5.11. The predicted octanol–water partition coefficient (Wildman–Crippen LogP) is 1.33. The second-order valence-corrected chi connectivity index (χ2v) is 7.31. The zero-order chi connectivity index (χ0) is 16.2. The molecule has 0 unspecified atom stereocenters. The molecule has 0 bridgehead atoms. The SMILES string of the molecule is CC(C)(C)OC(=O)N1CCN(CC2CCOCC2)[C@@H](CO)C1. The fourth-order valence-corrected chi connectivity index (χ4v) is 3.06. The van der Waals surface area contributed by atoms with E-state index in [0.717, 1.165) is 39.1 Å². The van der Waals surface area contributed by atoms with Crippen LogP contribution in [-0.4, -0.2) is 78.6 Å². The molecule has 22 heavy (non-hydrogen) atoms. The summed E-state index contributed by atoms with van der Waals surface area (Å²) in [6.45, 7) is 10.3. The molecular weight excluding hydrogens is 284 g/mol. The minimum atomic E-state index is -0.481. The Kier molecular flexibility index (Phi) is 6.06. The minimum absolute atomic E-state index is 0.00381. The highest BCUT2D eigenvalue weighted by Crippen LogP contribution is 2.20. The zero-order valence-corrected chi connectivity index (χ0v) is 14.1. The van der Waals surface area contributed by atoms with Crippen molar-refractivity contribution in [1.29, 1.82) is 0 Å². The van der Waals surface area contributed by atoms with Crippen LogP contribution in [0.3, 0.4) is 0 Å². The Balaban J connectivity index is 1.86. The van der Waals surface area contributed by atoms with Crippen molar-refractivity contribution >= 4 is 6.09 Å². The van der Waals surface area contributed by atoms with Crippen LogP contribution < -0.4 is 0 Å². The lowest BCUT2D eigenvalue weighted by molar-refractivity contribution is -0.0146. The van der Waals surface area contributed by atoms with Crippen molar-refractivity contribution in [3.05, 3.63) is 0 Å². The Morgan fingerprint density at radius 3 is 2.55 bits per heavy atom. The van der Waals surface area contributed by atoms with Crippen LogP contribution in [0.5, 0.6) is 0 Å². The molecule has 0 spiro atoms. The standard InChI is InChI=1S/C16H30N2O4/c1-16(2,3)22-15(20)18-7-6-17(14(11-18)12-19)10-13-4-8-21-9-5-13/h13-14,19H,4-12H2,1-3H3/t14-/m1/s1. The Bertz CT molecular complexity index is 364. The molecule has 2 rings (SSSR count). The van der Waals surface area contributed by atoms with Crippen LogP contribution in [-0.2, 0) is 9.47 Å². The molecule has 0 saturated carbocycles. The Morgan fingerprint density at radius 1 is 1.27 bits per heavy atom. The molecule has 1 N–H and O–H groups in total. The van der Waals surface area contributed by atoms with E-state index < -0.39 is 5.60 Å². The Hall–Kier alpha value is -0.850. The monoisotopic (exact) mass is 314 g/mol. The van der Waals surface area contributed by atoms with Crippen LogP contribution in [0.25, 0.3) is 0 Å². The van der Waals surface area contributed by atoms with Crippen LogP contribution in [0.1, 0.15) is 33.6 Å². The maximum Gasteiger partial charge on any atom is 0.410 e. The zero-order valence-electron chi connectivity index (χ0n) is 14.1. The molecule has 2 fully saturated rings. The van der Waals surface area contributed by atoms with Crippen molar-refractivity contribution in [1.82, 2.24) is 9.80 Å². The summed E-state index contributed by atoms with van der Waals surface area (Å²) in [5, 5.41) is 9.68. The van der Waals surface area contributed by atoms with Crippen LogP contribution in [0.4, 0.5) is 4.79 Å². The molecule has 6 heteroatoms. The van der Waals surface area contributed by atoms with Gasteiger partial charge < -0.3 is 19.5 Å². The average Bonchev–Trinajstić information content (AvgIpc) is 2.47. The van der Waals surface area contributed by atoms with Gasteiger partial charge in [0.05, 0.1) is 12.6 Å². The van der Waals surface area contributed by atoms with Gasteiger partial charge in [-0.2, -0.15) is 0 Å². The lowest BCUT2D eigenvalue weighted by atomic mass is 9.98. The third-order valence-electron chi connectivity index (χ3n) is 4.30. The first-order valence-corrected chi connectivity index (χ1v) is 8.29. The number of amides is 1. The normalized spacial score (nSPS) is 25.3. The number of carbonyl (C=O) groups is 1. The molecule has 6 nitrogen and oxygen atoms in total. The van der Waals surface area contributed by atoms with E-state index in [0.29, 0.717) is 19.0 Å². The van der Waals surface area contributed by atoms with E-state index in [9.17, 15) is 9.90 Å². The largest absolute Gasteiger partial charge is 0.444 e. The second-order valence-electron chi connectivity index (χ2n) is 7.31. The lowest BCUT2D eigenvalue weighted by Crippen LogP contribution is -2.57. The van der Waals surface area contributed by atoms with E-state index in [4.69, 9.17) is 9.47 Å². The number of ether oxygens (including phenoxy) is 2. The summed E-state index contributed by atoms with van der Waals surface area (Å²) in [5.41, 5.74) is -0.481. The van der Waals surface area contributed by atoms with Crippen molar-refractivity contribution in [3.63, 3.8) is 0 Å². The maximum absolute atomic E-state index is 12.2. The van der Waals surface area contributed by atoms with Crippen LogP contribution in [0.15, 0.2) is 0 Å². The summed E-state index contributed by atoms with van der Waals surface area (Å²) >= 11 is 0. The van der Waals surface area contributed by atoms with Gasteiger partial charge in [0.15, 0.2) is 0 Å². The molecule has 2 heterocycles. The Morgan fingerprint density at radius 2 is 1.95 bits per heavy atom. The quantitative estimate of drug-likeness (QED) is 0.851. The van der Waals surface area contributed by atoms with E-state index in [2.05, 4.69) is 4.90 Å². The highest BCUT2D eigenvalue weighted by Gasteiger charge is 2.32. The van der Waals surface area contributed by atoms with Crippen molar-refractivity contribution in [3.8, 4) is 0 Å². The average molecular weight is 314 g/mol. The van der Waals surface area contributed by atoms with Gasteiger partial charge >= 0.3 is 6.09 Å². The van der Waals surface area contributed by atoms with Gasteiger partial charge in [0.1, 0.15) is 5.60 Å². The first-order chi connectivity index (χ1) is 10.4. The van der Waals surface area contributed by atoms with Gasteiger partial charge in [0.2, 0.25) is 0 Å². The van der Waals surface area contributed by atoms with Crippen LogP contribution >= 0.6 is 0 Å². The molecule has 0 aromatic rings. The summed E-state index contributed by atoms with van der Waals surface area (Å²) in [6.07, 6.45) is 1.89. The van der Waals surface area contributed by atoms with Crippen LogP contribution in [0, 0.1) is 5.92 Å². The summed E-state index contributed by atoms with van der Waals surface area (Å²) in [6, 6.07) is 0.00381. The molecule has 2 aliphatic rings. The molecule has 0 radical (unpaired) electrons. The van der Waals surface area contributed by atoms with Crippen LogP contribution in [0.2, 0.25) is 0 Å². The number of hydrogen-bond acceptors (Lipinski definition) is 5.